The van der Waals surface area contributed by atoms with Gasteiger partial charge in [0.15, 0.2) is 0 Å². The third-order valence-electron chi connectivity index (χ3n) is 1.14. The Bertz CT molecular complexity index is 105. The summed E-state index contributed by atoms with van der Waals surface area (Å²) < 4.78 is 0. The van der Waals surface area contributed by atoms with E-state index in [9.17, 15) is 0 Å². The molecular weight excluding hydrogens is 130 g/mol. The van der Waals surface area contributed by atoms with Crippen molar-refractivity contribution >= 4 is 0 Å². The first-order valence-corrected chi connectivity index (χ1v) is 3.23. The van der Waals surface area contributed by atoms with Crippen LogP contribution >= 0.6 is 0 Å². The van der Waals surface area contributed by atoms with Crippen molar-refractivity contribution in [1.29, 1.82) is 0 Å². The zero-order valence-electron chi connectivity index (χ0n) is 5.88. The highest BCUT2D eigenvalue weighted by Gasteiger charge is 2.01. The molecule has 0 fully saturated rings. The molecule has 0 radical (unpaired) electrons. The van der Waals surface area contributed by atoms with E-state index in [4.69, 9.17) is 16.6 Å². The van der Waals surface area contributed by atoms with Crippen LogP contribution in [0.25, 0.3) is 0 Å². The Morgan fingerprint density at radius 3 is 2.40 bits per heavy atom. The monoisotopic (exact) mass is 143 g/mol. The van der Waals surface area contributed by atoms with E-state index in [1.165, 1.54) is 0 Å². The van der Waals surface area contributed by atoms with Gasteiger partial charge in [-0.3, -0.25) is 0 Å². The topological polar surface area (TPSA) is 52.5 Å². The predicted octanol–water partition coefficient (Wildman–Crippen LogP) is -1.05. The molecule has 3 nitrogen and oxygen atoms in total. The molecule has 0 aliphatic rings. The van der Waals surface area contributed by atoms with Crippen LogP contribution in [0.4, 0.5) is 0 Å². The van der Waals surface area contributed by atoms with Gasteiger partial charge in [-0.2, -0.15) is 0 Å². The minimum atomic E-state index is -0.228. The summed E-state index contributed by atoms with van der Waals surface area (Å²) in [5, 5.41) is 20.0. The van der Waals surface area contributed by atoms with Gasteiger partial charge < -0.3 is 15.5 Å². The zero-order valence-corrected chi connectivity index (χ0v) is 5.88. The smallest absolute Gasteiger partial charge is 0.0607 e. The Morgan fingerprint density at radius 1 is 1.40 bits per heavy atom. The summed E-state index contributed by atoms with van der Waals surface area (Å²) in [5.74, 6) is 2.45. The summed E-state index contributed by atoms with van der Waals surface area (Å²) in [6.45, 7) is 0.532. The third kappa shape index (κ3) is 4.33. The summed E-state index contributed by atoms with van der Waals surface area (Å²) in [6.07, 6.45) is 5.60. The normalized spacial score (nSPS) is 9.80. The maximum Gasteiger partial charge on any atom is 0.0607 e. The van der Waals surface area contributed by atoms with E-state index in [2.05, 4.69) is 11.2 Å². The first-order valence-electron chi connectivity index (χ1n) is 3.23. The van der Waals surface area contributed by atoms with Gasteiger partial charge in [-0.25, -0.2) is 0 Å². The lowest BCUT2D eigenvalue weighted by Gasteiger charge is -2.10. The van der Waals surface area contributed by atoms with E-state index in [0.29, 0.717) is 13.0 Å². The van der Waals surface area contributed by atoms with Gasteiger partial charge in [0.05, 0.1) is 19.3 Å². The first-order chi connectivity index (χ1) is 4.85. The molecule has 3 N–H and O–H groups in total. The molecule has 0 aliphatic heterocycles. The Kier molecular flexibility index (Phi) is 6.19. The molecular formula is C7H13NO2. The van der Waals surface area contributed by atoms with Crippen LogP contribution in [0.3, 0.4) is 0 Å². The van der Waals surface area contributed by atoms with Gasteiger partial charge in [-0.1, -0.05) is 0 Å². The first kappa shape index (κ1) is 9.44. The van der Waals surface area contributed by atoms with Gasteiger partial charge in [0.1, 0.15) is 0 Å². The van der Waals surface area contributed by atoms with E-state index in [0.717, 1.165) is 0 Å². The van der Waals surface area contributed by atoms with Gasteiger partial charge in [-0.15, -0.1) is 12.3 Å². The quantitative estimate of drug-likeness (QED) is 0.340. The molecule has 0 atom stereocenters. The second kappa shape index (κ2) is 6.56. The second-order valence-electron chi connectivity index (χ2n) is 1.97. The summed E-state index contributed by atoms with van der Waals surface area (Å²) in [6, 6.07) is -0.228. The number of terminal acetylenes is 1. The maximum atomic E-state index is 8.55. The van der Waals surface area contributed by atoms with E-state index in [1.807, 2.05) is 0 Å². The minimum Gasteiger partial charge on any atom is -0.395 e. The van der Waals surface area contributed by atoms with Crippen LogP contribution in [0, 0.1) is 12.3 Å². The molecule has 58 valence electrons. The Labute approximate surface area is 61.1 Å². The highest BCUT2D eigenvalue weighted by atomic mass is 16.3. The van der Waals surface area contributed by atoms with E-state index >= 15 is 0 Å². The van der Waals surface area contributed by atoms with Gasteiger partial charge in [-0.05, 0) is 0 Å². The Balaban J connectivity index is 3.19. The number of hydrogen-bond donors (Lipinski definition) is 3. The van der Waals surface area contributed by atoms with Crippen LogP contribution in [-0.2, 0) is 0 Å². The van der Waals surface area contributed by atoms with Crippen molar-refractivity contribution in [2.45, 2.75) is 12.5 Å². The number of rotatable bonds is 5. The zero-order chi connectivity index (χ0) is 7.82. The van der Waals surface area contributed by atoms with Gasteiger partial charge in [0.25, 0.3) is 0 Å². The molecule has 0 heterocycles. The predicted molar refractivity (Wildman–Crippen MR) is 39.4 cm³/mol. The number of hydrogen-bond acceptors (Lipinski definition) is 3. The van der Waals surface area contributed by atoms with E-state index < -0.39 is 0 Å². The molecule has 0 spiro atoms. The largest absolute Gasteiger partial charge is 0.395 e. The van der Waals surface area contributed by atoms with Gasteiger partial charge >= 0.3 is 0 Å². The fourth-order valence-electron chi connectivity index (χ4n) is 0.535. The van der Waals surface area contributed by atoms with Crippen LogP contribution in [-0.4, -0.2) is 36.0 Å². The maximum absolute atomic E-state index is 8.55. The SMILES string of the molecule is C#CCCNC(CO)CO. The van der Waals surface area contributed by atoms with E-state index in [-0.39, 0.29) is 19.3 Å². The summed E-state index contributed by atoms with van der Waals surface area (Å²) in [4.78, 5) is 0. The Hall–Kier alpha value is -0.560. The van der Waals surface area contributed by atoms with Crippen LogP contribution in [0.1, 0.15) is 6.42 Å². The fraction of sp³-hybridized carbons (Fsp3) is 0.714. The van der Waals surface area contributed by atoms with Crippen molar-refractivity contribution in [3.8, 4) is 12.3 Å². The number of nitrogens with one attached hydrogen (secondary N) is 1. The van der Waals surface area contributed by atoms with Crippen LogP contribution in [0.2, 0.25) is 0 Å². The highest BCUT2D eigenvalue weighted by molar-refractivity contribution is 4.84. The van der Waals surface area contributed by atoms with Crippen molar-refractivity contribution in [3.05, 3.63) is 0 Å². The van der Waals surface area contributed by atoms with Gasteiger partial charge in [0.2, 0.25) is 0 Å². The fourth-order valence-corrected chi connectivity index (χ4v) is 0.535. The average molecular weight is 143 g/mol. The summed E-state index contributed by atoms with van der Waals surface area (Å²) >= 11 is 0. The minimum absolute atomic E-state index is 0.0545. The number of aliphatic hydroxyl groups is 2. The molecule has 0 bridgehead atoms. The molecule has 0 saturated carbocycles. The molecule has 0 rings (SSSR count). The Morgan fingerprint density at radius 2 is 2.00 bits per heavy atom. The van der Waals surface area contributed by atoms with E-state index in [1.54, 1.807) is 0 Å². The average Bonchev–Trinajstić information content (AvgIpc) is 1.99. The lowest BCUT2D eigenvalue weighted by Crippen LogP contribution is -2.36. The highest BCUT2D eigenvalue weighted by Crippen LogP contribution is 1.79. The van der Waals surface area contributed by atoms with Crippen molar-refractivity contribution in [2.75, 3.05) is 19.8 Å². The third-order valence-corrected chi connectivity index (χ3v) is 1.14. The molecule has 10 heavy (non-hydrogen) atoms. The molecule has 0 amide bonds. The van der Waals surface area contributed by atoms with Crippen LogP contribution in [0.5, 0.6) is 0 Å². The lowest BCUT2D eigenvalue weighted by molar-refractivity contribution is 0.172. The van der Waals surface area contributed by atoms with Crippen molar-refractivity contribution in [2.24, 2.45) is 0 Å². The van der Waals surface area contributed by atoms with Crippen LogP contribution < -0.4 is 5.32 Å². The van der Waals surface area contributed by atoms with Gasteiger partial charge in [0, 0.05) is 13.0 Å². The summed E-state index contributed by atoms with van der Waals surface area (Å²) in [7, 11) is 0. The summed E-state index contributed by atoms with van der Waals surface area (Å²) in [5.41, 5.74) is 0. The number of aliphatic hydroxyl groups excluding tert-OH is 2. The van der Waals surface area contributed by atoms with Crippen LogP contribution in [0.15, 0.2) is 0 Å². The molecule has 0 aromatic rings. The standard InChI is InChI=1S/C7H13NO2/c1-2-3-4-8-7(5-9)6-10/h1,7-10H,3-6H2. The molecule has 0 unspecified atom stereocenters. The lowest BCUT2D eigenvalue weighted by atomic mass is 10.3. The molecule has 3 heteroatoms. The van der Waals surface area contributed by atoms with Crippen molar-refractivity contribution in [3.63, 3.8) is 0 Å². The molecule has 0 aromatic carbocycles. The second-order valence-corrected chi connectivity index (χ2v) is 1.97. The van der Waals surface area contributed by atoms with Crippen molar-refractivity contribution in [1.82, 2.24) is 5.32 Å². The van der Waals surface area contributed by atoms with Crippen molar-refractivity contribution < 1.29 is 10.2 Å². The molecule has 0 aliphatic carbocycles. The molecule has 0 aromatic heterocycles. The molecule has 0 saturated heterocycles.